The van der Waals surface area contributed by atoms with Crippen molar-refractivity contribution >= 4 is 35.2 Å². The summed E-state index contributed by atoms with van der Waals surface area (Å²) in [5.41, 5.74) is 5.22. The smallest absolute Gasteiger partial charge is 0.232 e. The molecule has 1 rings (SSSR count). The summed E-state index contributed by atoms with van der Waals surface area (Å²) in [5, 5.41) is 2.71. The average molecular weight is 600 g/mol. The number of nitrogens with two attached hydrogens (primary N) is 1. The third-order valence-electron chi connectivity index (χ3n) is 6.74. The van der Waals surface area contributed by atoms with Crippen LogP contribution in [0, 0.1) is 17.8 Å². The van der Waals surface area contributed by atoms with E-state index in [4.69, 9.17) is 24.7 Å². The Morgan fingerprint density at radius 1 is 0.857 bits per heavy atom. The first-order valence-corrected chi connectivity index (χ1v) is 14.7. The number of hydrogen-bond acceptors (Lipinski definition) is 10. The van der Waals surface area contributed by atoms with Gasteiger partial charge in [-0.25, -0.2) is 0 Å². The number of nitrogens with one attached hydrogen (secondary N) is 1. The van der Waals surface area contributed by atoms with Gasteiger partial charge in [0, 0.05) is 57.1 Å². The van der Waals surface area contributed by atoms with E-state index in [0.29, 0.717) is 59.1 Å². The molecular weight excluding hydrogens is 550 g/mol. The molecule has 1 aliphatic heterocycles. The highest BCUT2D eigenvalue weighted by Crippen LogP contribution is 2.19. The van der Waals surface area contributed by atoms with E-state index < -0.39 is 17.9 Å². The maximum absolute atomic E-state index is 12.4. The Morgan fingerprint density at radius 2 is 1.40 bits per heavy atom. The third kappa shape index (κ3) is 15.5. The molecule has 0 saturated carbocycles. The van der Waals surface area contributed by atoms with Crippen LogP contribution < -0.4 is 11.1 Å². The summed E-state index contributed by atoms with van der Waals surface area (Å²) in [7, 11) is 0. The SMILES string of the molecule is CC1CC(=O)N(CCC(=O)CCCOCCOCCOCCOCCC(=O)N[C@H](C(=O)C[C@@H](C)C(N)=O)C(C)C)C1=O. The van der Waals surface area contributed by atoms with Gasteiger partial charge in [-0.1, -0.05) is 27.7 Å². The summed E-state index contributed by atoms with van der Waals surface area (Å²) in [6, 6.07) is -0.682. The van der Waals surface area contributed by atoms with E-state index in [2.05, 4.69) is 5.32 Å². The number of hydrogen-bond donors (Lipinski definition) is 2. The molecule has 0 radical (unpaired) electrons. The molecule has 1 fully saturated rings. The maximum Gasteiger partial charge on any atom is 0.232 e. The third-order valence-corrected chi connectivity index (χ3v) is 6.74. The number of ether oxygens (including phenoxy) is 4. The second kappa shape index (κ2) is 21.0. The summed E-state index contributed by atoms with van der Waals surface area (Å²) in [6.45, 7) is 9.89. The minimum Gasteiger partial charge on any atom is -0.379 e. The van der Waals surface area contributed by atoms with E-state index in [1.165, 1.54) is 4.90 Å². The van der Waals surface area contributed by atoms with Crippen LogP contribution in [0.25, 0.3) is 0 Å². The zero-order valence-corrected chi connectivity index (χ0v) is 25.5. The van der Waals surface area contributed by atoms with Crippen molar-refractivity contribution in [3.63, 3.8) is 0 Å². The molecule has 1 saturated heterocycles. The molecule has 3 atom stereocenters. The van der Waals surface area contributed by atoms with Crippen molar-refractivity contribution < 1.29 is 47.7 Å². The summed E-state index contributed by atoms with van der Waals surface area (Å²) in [5.74, 6) is -2.49. The molecule has 0 aromatic rings. The Kier molecular flexibility index (Phi) is 18.7. The van der Waals surface area contributed by atoms with Crippen molar-refractivity contribution in [2.45, 2.75) is 72.3 Å². The number of imide groups is 1. The fourth-order valence-corrected chi connectivity index (χ4v) is 4.14. The topological polar surface area (TPSA) is 181 Å². The van der Waals surface area contributed by atoms with Crippen LogP contribution in [0.15, 0.2) is 0 Å². The lowest BCUT2D eigenvalue weighted by Crippen LogP contribution is -2.45. The van der Waals surface area contributed by atoms with Crippen LogP contribution in [0.5, 0.6) is 0 Å². The number of likely N-dealkylation sites (tertiary alicyclic amines) is 1. The van der Waals surface area contributed by atoms with Gasteiger partial charge < -0.3 is 30.0 Å². The highest BCUT2D eigenvalue weighted by Gasteiger charge is 2.35. The average Bonchev–Trinajstić information content (AvgIpc) is 3.17. The Balaban J connectivity index is 1.94. The summed E-state index contributed by atoms with van der Waals surface area (Å²) in [6.07, 6.45) is 1.38. The lowest BCUT2D eigenvalue weighted by molar-refractivity contribution is -0.139. The second-order valence-electron chi connectivity index (χ2n) is 10.8. The molecule has 42 heavy (non-hydrogen) atoms. The predicted molar refractivity (Wildman–Crippen MR) is 152 cm³/mol. The lowest BCUT2D eigenvalue weighted by Gasteiger charge is -2.22. The zero-order valence-electron chi connectivity index (χ0n) is 25.5. The van der Waals surface area contributed by atoms with Crippen LogP contribution in [0.2, 0.25) is 0 Å². The van der Waals surface area contributed by atoms with Crippen molar-refractivity contribution in [3.05, 3.63) is 0 Å². The van der Waals surface area contributed by atoms with E-state index in [1.807, 2.05) is 13.8 Å². The number of carbonyl (C=O) groups is 6. The Labute approximate surface area is 248 Å². The van der Waals surface area contributed by atoms with Crippen molar-refractivity contribution in [1.82, 2.24) is 10.2 Å². The molecule has 0 aliphatic carbocycles. The van der Waals surface area contributed by atoms with E-state index in [9.17, 15) is 28.8 Å². The molecule has 0 spiro atoms. The molecule has 0 aromatic carbocycles. The Hall–Kier alpha value is -2.74. The van der Waals surface area contributed by atoms with E-state index in [0.717, 1.165) is 0 Å². The number of nitrogens with zero attached hydrogens (tertiary/aromatic N) is 1. The molecular formula is C29H49N3O10. The summed E-state index contributed by atoms with van der Waals surface area (Å²) in [4.78, 5) is 72.6. The van der Waals surface area contributed by atoms with E-state index in [-0.39, 0.29) is 80.0 Å². The zero-order chi connectivity index (χ0) is 31.5. The Bertz CT molecular complexity index is 895. The lowest BCUT2D eigenvalue weighted by atomic mass is 9.93. The predicted octanol–water partition coefficient (Wildman–Crippen LogP) is 0.799. The van der Waals surface area contributed by atoms with Gasteiger partial charge in [-0.15, -0.1) is 0 Å². The number of rotatable bonds is 25. The number of primary amides is 1. The van der Waals surface area contributed by atoms with Gasteiger partial charge in [0.25, 0.3) is 0 Å². The van der Waals surface area contributed by atoms with E-state index >= 15 is 0 Å². The minimum absolute atomic E-state index is 0.000872. The van der Waals surface area contributed by atoms with Gasteiger partial charge in [0.1, 0.15) is 5.78 Å². The molecule has 1 heterocycles. The molecule has 13 heteroatoms. The van der Waals surface area contributed by atoms with Gasteiger partial charge in [0.05, 0.1) is 52.3 Å². The molecule has 240 valence electrons. The van der Waals surface area contributed by atoms with Gasteiger partial charge in [0.2, 0.25) is 23.6 Å². The second-order valence-corrected chi connectivity index (χ2v) is 10.8. The monoisotopic (exact) mass is 599 g/mol. The first-order valence-electron chi connectivity index (χ1n) is 14.7. The number of carbonyl (C=O) groups excluding carboxylic acids is 6. The highest BCUT2D eigenvalue weighted by atomic mass is 16.6. The fraction of sp³-hybridized carbons (Fsp3) is 0.793. The Morgan fingerprint density at radius 3 is 1.90 bits per heavy atom. The van der Waals surface area contributed by atoms with Crippen LogP contribution in [0.3, 0.4) is 0 Å². The van der Waals surface area contributed by atoms with Gasteiger partial charge in [0.15, 0.2) is 5.78 Å². The summed E-state index contributed by atoms with van der Waals surface area (Å²) >= 11 is 0. The number of Topliss-reactive ketones (excluding diaryl/α,β-unsaturated/α-hetero) is 2. The number of ketones is 2. The van der Waals surface area contributed by atoms with Crippen LogP contribution in [-0.4, -0.2) is 106 Å². The largest absolute Gasteiger partial charge is 0.379 e. The van der Waals surface area contributed by atoms with E-state index in [1.54, 1.807) is 13.8 Å². The standard InChI is InChI=1S/C29H49N3O10/c1-20(2)27(24(34)18-21(3)28(30)37)31-25(35)8-11-40-13-15-42-17-16-41-14-12-39-10-5-6-23(33)7-9-32-26(36)19-22(4)29(32)38/h20-22,27H,5-19H2,1-4H3,(H2,30,37)(H,31,35)/t21-,22?,27+/m1/s1. The van der Waals surface area contributed by atoms with Crippen molar-refractivity contribution in [1.29, 1.82) is 0 Å². The molecule has 13 nitrogen and oxygen atoms in total. The maximum atomic E-state index is 12.4. The molecule has 3 N–H and O–H groups in total. The van der Waals surface area contributed by atoms with Crippen molar-refractivity contribution in [2.24, 2.45) is 23.5 Å². The first-order chi connectivity index (χ1) is 19.9. The number of amides is 4. The molecule has 0 aromatic heterocycles. The molecule has 1 aliphatic rings. The minimum atomic E-state index is -0.682. The van der Waals surface area contributed by atoms with Gasteiger partial charge in [-0.3, -0.25) is 33.7 Å². The van der Waals surface area contributed by atoms with Crippen molar-refractivity contribution in [3.8, 4) is 0 Å². The summed E-state index contributed by atoms with van der Waals surface area (Å²) < 4.78 is 21.7. The normalized spacial score (nSPS) is 16.6. The van der Waals surface area contributed by atoms with Crippen LogP contribution in [0.4, 0.5) is 0 Å². The molecule has 4 amide bonds. The fourth-order valence-electron chi connectivity index (χ4n) is 4.14. The van der Waals surface area contributed by atoms with Gasteiger partial charge in [-0.2, -0.15) is 0 Å². The van der Waals surface area contributed by atoms with Crippen LogP contribution >= 0.6 is 0 Å². The van der Waals surface area contributed by atoms with Gasteiger partial charge >= 0.3 is 0 Å². The molecule has 1 unspecified atom stereocenters. The highest BCUT2D eigenvalue weighted by molar-refractivity contribution is 6.03. The quantitative estimate of drug-likeness (QED) is 0.113. The van der Waals surface area contributed by atoms with Gasteiger partial charge in [-0.05, 0) is 12.3 Å². The van der Waals surface area contributed by atoms with Crippen molar-refractivity contribution in [2.75, 3.05) is 59.4 Å². The van der Waals surface area contributed by atoms with Crippen LogP contribution in [0.1, 0.15) is 66.2 Å². The first kappa shape index (κ1) is 37.3. The molecule has 0 bridgehead atoms. The van der Waals surface area contributed by atoms with Crippen LogP contribution in [-0.2, 0) is 47.7 Å².